The van der Waals surface area contributed by atoms with E-state index in [1.54, 1.807) is 36.3 Å². The van der Waals surface area contributed by atoms with Crippen LogP contribution < -0.4 is 15.0 Å². The van der Waals surface area contributed by atoms with Crippen LogP contribution in [0.1, 0.15) is 44.3 Å². The number of aryl methyl sites for hydroxylation is 1. The van der Waals surface area contributed by atoms with Crippen LogP contribution in [0.25, 0.3) is 10.9 Å². The molecule has 2 unspecified atom stereocenters. The Balaban J connectivity index is 1.19. The quantitative estimate of drug-likeness (QED) is 0.249. The first-order valence-electron chi connectivity index (χ1n) is 14.3. The lowest BCUT2D eigenvalue weighted by molar-refractivity contribution is -0.120. The van der Waals surface area contributed by atoms with Gasteiger partial charge in [0.25, 0.3) is 11.8 Å². The molecule has 2 aliphatic rings. The van der Waals surface area contributed by atoms with Gasteiger partial charge in [0.15, 0.2) is 0 Å². The minimum Gasteiger partial charge on any atom is -0.497 e. The Morgan fingerprint density at radius 2 is 1.65 bits per heavy atom. The molecule has 8 nitrogen and oxygen atoms in total. The van der Waals surface area contributed by atoms with Gasteiger partial charge in [0.2, 0.25) is 0 Å². The first-order chi connectivity index (χ1) is 20.9. The number of imide groups is 1. The van der Waals surface area contributed by atoms with Crippen molar-refractivity contribution in [2.24, 2.45) is 0 Å². The van der Waals surface area contributed by atoms with E-state index in [-0.39, 0.29) is 11.8 Å². The molecule has 4 amide bonds. The average Bonchev–Trinajstić information content (AvgIpc) is 3.53. The van der Waals surface area contributed by atoms with Gasteiger partial charge in [-0.15, -0.1) is 0 Å². The number of aromatic amines is 1. The molecular formula is C35H30N4O4. The summed E-state index contributed by atoms with van der Waals surface area (Å²) in [5.74, 6) is 0.200. The number of benzene rings is 4. The number of H-pyrrole nitrogens is 1. The van der Waals surface area contributed by atoms with Crippen LogP contribution in [0.15, 0.2) is 97.1 Å². The molecule has 2 N–H and O–H groups in total. The predicted octanol–water partition coefficient (Wildman–Crippen LogP) is 5.90. The van der Waals surface area contributed by atoms with E-state index in [1.165, 1.54) is 4.90 Å². The number of anilines is 1. The third-order valence-electron chi connectivity index (χ3n) is 8.44. The Kier molecular flexibility index (Phi) is 6.46. The summed E-state index contributed by atoms with van der Waals surface area (Å²) in [7, 11) is 1.61. The number of ether oxygens (including phenoxy) is 1. The maximum absolute atomic E-state index is 14.1. The summed E-state index contributed by atoms with van der Waals surface area (Å²) in [6, 6.07) is 28.7. The van der Waals surface area contributed by atoms with Gasteiger partial charge in [0.1, 0.15) is 17.8 Å². The minimum atomic E-state index is -0.663. The van der Waals surface area contributed by atoms with Crippen LogP contribution in [0.2, 0.25) is 0 Å². The number of rotatable bonds is 6. The number of nitrogens with zero attached hydrogens (tertiary/aromatic N) is 2. The van der Waals surface area contributed by atoms with Crippen molar-refractivity contribution >= 4 is 34.4 Å². The van der Waals surface area contributed by atoms with Gasteiger partial charge in [-0.1, -0.05) is 60.2 Å². The molecule has 1 aromatic heterocycles. The Morgan fingerprint density at radius 3 is 2.37 bits per heavy atom. The van der Waals surface area contributed by atoms with Crippen LogP contribution >= 0.6 is 0 Å². The lowest BCUT2D eigenvalue weighted by Crippen LogP contribution is -2.44. The molecule has 1 saturated heterocycles. The van der Waals surface area contributed by atoms with Gasteiger partial charge < -0.3 is 15.0 Å². The highest BCUT2D eigenvalue weighted by atomic mass is 16.5. The summed E-state index contributed by atoms with van der Waals surface area (Å²) >= 11 is 0. The number of fused-ring (bicyclic) bond motifs is 4. The zero-order valence-corrected chi connectivity index (χ0v) is 23.8. The second kappa shape index (κ2) is 10.5. The van der Waals surface area contributed by atoms with Gasteiger partial charge in [0.05, 0.1) is 12.8 Å². The Labute approximate surface area is 248 Å². The second-order valence-corrected chi connectivity index (χ2v) is 11.0. The van der Waals surface area contributed by atoms with Gasteiger partial charge in [-0.05, 0) is 66.1 Å². The van der Waals surface area contributed by atoms with Gasteiger partial charge >= 0.3 is 6.03 Å². The highest BCUT2D eigenvalue weighted by molar-refractivity contribution is 6.22. The van der Waals surface area contributed by atoms with Crippen molar-refractivity contribution < 1.29 is 19.1 Å². The number of urea groups is 1. The van der Waals surface area contributed by atoms with E-state index < -0.39 is 18.1 Å². The topological polar surface area (TPSA) is 94.7 Å². The minimum absolute atomic E-state index is 0.228. The summed E-state index contributed by atoms with van der Waals surface area (Å²) in [4.78, 5) is 47.3. The first kappa shape index (κ1) is 26.5. The maximum Gasteiger partial charge on any atom is 0.332 e. The zero-order valence-electron chi connectivity index (χ0n) is 23.8. The summed E-state index contributed by atoms with van der Waals surface area (Å²) in [6.07, 6.45) is 0.409. The molecule has 2 atom stereocenters. The largest absolute Gasteiger partial charge is 0.497 e. The molecule has 214 valence electrons. The number of hydrogen-bond donors (Lipinski definition) is 2. The van der Waals surface area contributed by atoms with Crippen LogP contribution in [0.4, 0.5) is 10.5 Å². The van der Waals surface area contributed by atoms with Crippen LogP contribution in [0.3, 0.4) is 0 Å². The Hall–Kier alpha value is -5.37. The number of para-hydroxylation sites is 1. The van der Waals surface area contributed by atoms with E-state index in [0.29, 0.717) is 30.0 Å². The number of hydrogen-bond acceptors (Lipinski definition) is 4. The molecule has 0 spiro atoms. The van der Waals surface area contributed by atoms with Crippen molar-refractivity contribution in [3.8, 4) is 5.75 Å². The molecule has 1 fully saturated rings. The standard InChI is InChI=1S/C35H30N4O4/c1-21-7-9-22(10-8-21)20-36-33(40)24-11-15-25(16-12-24)38-34(41)30-19-28-27-5-3-4-6-29(27)37-31(28)32(39(30)35(38)42)23-13-17-26(43-2)18-14-23/h3-18,30,32,37H,19-20H2,1-2H3,(H,36,40). The fourth-order valence-corrected chi connectivity index (χ4v) is 6.20. The molecule has 3 heterocycles. The molecule has 43 heavy (non-hydrogen) atoms. The van der Waals surface area contributed by atoms with E-state index in [4.69, 9.17) is 4.74 Å². The van der Waals surface area contributed by atoms with E-state index in [1.807, 2.05) is 79.7 Å². The summed E-state index contributed by atoms with van der Waals surface area (Å²) in [5, 5.41) is 3.98. The second-order valence-electron chi connectivity index (χ2n) is 11.0. The number of carbonyl (C=O) groups excluding carboxylic acids is 3. The number of nitrogens with one attached hydrogen (secondary N) is 2. The van der Waals surface area contributed by atoms with E-state index >= 15 is 0 Å². The highest BCUT2D eigenvalue weighted by Crippen LogP contribution is 2.45. The van der Waals surface area contributed by atoms with Gasteiger partial charge in [-0.25, -0.2) is 9.69 Å². The summed E-state index contributed by atoms with van der Waals surface area (Å²) < 4.78 is 5.36. The van der Waals surface area contributed by atoms with Gasteiger partial charge in [-0.2, -0.15) is 0 Å². The lowest BCUT2D eigenvalue weighted by Gasteiger charge is -2.36. The first-order valence-corrected chi connectivity index (χ1v) is 14.3. The average molecular weight is 571 g/mol. The molecule has 4 aromatic carbocycles. The third-order valence-corrected chi connectivity index (χ3v) is 8.44. The molecule has 7 rings (SSSR count). The molecule has 5 aromatic rings. The normalized spacial score (nSPS) is 17.6. The van der Waals surface area contributed by atoms with Gasteiger partial charge in [-0.3, -0.25) is 14.5 Å². The van der Waals surface area contributed by atoms with Crippen LogP contribution in [-0.4, -0.2) is 40.9 Å². The van der Waals surface area contributed by atoms with Crippen molar-refractivity contribution in [3.05, 3.63) is 131 Å². The SMILES string of the molecule is COc1ccc(C2c3[nH]c4ccccc4c3CC3C(=O)N(c4ccc(C(=O)NCc5ccc(C)cc5)cc4)C(=O)N32)cc1. The maximum atomic E-state index is 14.1. The van der Waals surface area contributed by atoms with Crippen molar-refractivity contribution in [3.63, 3.8) is 0 Å². The molecular weight excluding hydrogens is 540 g/mol. The number of amides is 4. The van der Waals surface area contributed by atoms with Crippen molar-refractivity contribution in [2.75, 3.05) is 12.0 Å². The number of aromatic nitrogens is 1. The predicted molar refractivity (Wildman–Crippen MR) is 164 cm³/mol. The van der Waals surface area contributed by atoms with E-state index in [2.05, 4.69) is 10.3 Å². The highest BCUT2D eigenvalue weighted by Gasteiger charge is 2.53. The van der Waals surface area contributed by atoms with Crippen LogP contribution in [-0.2, 0) is 17.8 Å². The zero-order chi connectivity index (χ0) is 29.7. The summed E-state index contributed by atoms with van der Waals surface area (Å²) in [5.41, 5.74) is 6.84. The monoisotopic (exact) mass is 570 g/mol. The fourth-order valence-electron chi connectivity index (χ4n) is 6.20. The Bertz CT molecular complexity index is 1860. The van der Waals surface area contributed by atoms with Crippen LogP contribution in [0, 0.1) is 6.92 Å². The summed E-state index contributed by atoms with van der Waals surface area (Å²) in [6.45, 7) is 2.42. The molecule has 0 bridgehead atoms. The smallest absolute Gasteiger partial charge is 0.332 e. The van der Waals surface area contributed by atoms with Crippen molar-refractivity contribution in [1.82, 2.24) is 15.2 Å². The van der Waals surface area contributed by atoms with Crippen molar-refractivity contribution in [1.29, 1.82) is 0 Å². The molecule has 0 aliphatic carbocycles. The van der Waals surface area contributed by atoms with Gasteiger partial charge in [0, 0.05) is 35.1 Å². The number of methoxy groups -OCH3 is 1. The van der Waals surface area contributed by atoms with E-state index in [9.17, 15) is 14.4 Å². The number of carbonyl (C=O) groups is 3. The molecule has 8 heteroatoms. The Morgan fingerprint density at radius 1 is 0.930 bits per heavy atom. The lowest BCUT2D eigenvalue weighted by atomic mass is 9.89. The molecule has 0 radical (unpaired) electrons. The van der Waals surface area contributed by atoms with E-state index in [0.717, 1.165) is 38.9 Å². The molecule has 0 saturated carbocycles. The van der Waals surface area contributed by atoms with Crippen LogP contribution in [0.5, 0.6) is 5.75 Å². The van der Waals surface area contributed by atoms with Crippen molar-refractivity contribution in [2.45, 2.75) is 32.0 Å². The fraction of sp³-hybridized carbons (Fsp3) is 0.171. The third kappa shape index (κ3) is 4.52. The molecule has 2 aliphatic heterocycles.